The van der Waals surface area contributed by atoms with Gasteiger partial charge in [-0.2, -0.15) is 0 Å². The number of esters is 1. The Morgan fingerprint density at radius 3 is 2.51 bits per heavy atom. The summed E-state index contributed by atoms with van der Waals surface area (Å²) in [5.41, 5.74) is 6.48. The second kappa shape index (κ2) is 11.6. The molecule has 0 radical (unpaired) electrons. The standard InChI is InChI=1S/C26H30ClN3O5/c1-26(2,34)11-10-17(24(28)32)14-22(31)23(13-16-6-5-7-18(27)12-16)35-25(33)21-15-29-19-8-3-4-9-20(19)30-21/h3-9,12,15,17,22-23,31,34H,10-11,13-14H2,1-2H3,(H2,28,32)/t17-,22+,23+/m1/s1. The van der Waals surface area contributed by atoms with Gasteiger partial charge in [0.05, 0.1) is 28.9 Å². The zero-order chi connectivity index (χ0) is 25.6. The molecular weight excluding hydrogens is 470 g/mol. The minimum atomic E-state index is -1.20. The Labute approximate surface area is 209 Å². The average molecular weight is 500 g/mol. The number of para-hydroxylation sites is 2. The van der Waals surface area contributed by atoms with Crippen LogP contribution in [-0.4, -0.2) is 49.9 Å². The van der Waals surface area contributed by atoms with E-state index in [9.17, 15) is 19.8 Å². The monoisotopic (exact) mass is 499 g/mol. The number of carbonyl (C=O) groups is 2. The molecule has 0 aliphatic heterocycles. The summed E-state index contributed by atoms with van der Waals surface area (Å²) in [4.78, 5) is 33.5. The molecule has 0 saturated carbocycles. The molecule has 186 valence electrons. The van der Waals surface area contributed by atoms with E-state index in [1.165, 1.54) is 6.20 Å². The molecule has 8 nitrogen and oxygen atoms in total. The van der Waals surface area contributed by atoms with Crippen molar-refractivity contribution in [1.29, 1.82) is 0 Å². The number of aliphatic hydroxyl groups is 2. The second-order valence-corrected chi connectivity index (χ2v) is 9.71. The van der Waals surface area contributed by atoms with Gasteiger partial charge in [0, 0.05) is 17.4 Å². The fourth-order valence-corrected chi connectivity index (χ4v) is 3.97. The lowest BCUT2D eigenvalue weighted by molar-refractivity contribution is -0.124. The molecule has 1 amide bonds. The van der Waals surface area contributed by atoms with Crippen LogP contribution in [0.25, 0.3) is 11.0 Å². The summed E-state index contributed by atoms with van der Waals surface area (Å²) >= 11 is 6.10. The van der Waals surface area contributed by atoms with E-state index in [2.05, 4.69) is 9.97 Å². The van der Waals surface area contributed by atoms with Crippen molar-refractivity contribution in [1.82, 2.24) is 9.97 Å². The first kappa shape index (κ1) is 26.5. The van der Waals surface area contributed by atoms with E-state index in [1.807, 2.05) is 6.07 Å². The van der Waals surface area contributed by atoms with Gasteiger partial charge in [0.15, 0.2) is 5.69 Å². The molecule has 9 heteroatoms. The number of aromatic nitrogens is 2. The maximum Gasteiger partial charge on any atom is 0.358 e. The minimum absolute atomic E-state index is 0.000440. The average Bonchev–Trinajstić information content (AvgIpc) is 2.80. The summed E-state index contributed by atoms with van der Waals surface area (Å²) in [5, 5.41) is 21.6. The predicted octanol–water partition coefficient (Wildman–Crippen LogP) is 3.45. The summed E-state index contributed by atoms with van der Waals surface area (Å²) in [6.07, 6.45) is -0.159. The van der Waals surface area contributed by atoms with Crippen molar-refractivity contribution < 1.29 is 24.5 Å². The number of ether oxygens (including phenoxy) is 1. The number of carbonyl (C=O) groups excluding carboxylic acids is 2. The number of hydrogen-bond donors (Lipinski definition) is 3. The lowest BCUT2D eigenvalue weighted by Gasteiger charge is -2.27. The Balaban J connectivity index is 1.81. The number of amides is 1. The normalized spacial score (nSPS) is 14.3. The summed E-state index contributed by atoms with van der Waals surface area (Å²) in [7, 11) is 0. The highest BCUT2D eigenvalue weighted by molar-refractivity contribution is 6.30. The van der Waals surface area contributed by atoms with Gasteiger partial charge >= 0.3 is 5.97 Å². The molecule has 3 atom stereocenters. The molecule has 0 fully saturated rings. The zero-order valence-corrected chi connectivity index (χ0v) is 20.5. The van der Waals surface area contributed by atoms with Crippen LogP contribution in [0.4, 0.5) is 0 Å². The van der Waals surface area contributed by atoms with Crippen LogP contribution in [0.3, 0.4) is 0 Å². The Kier molecular flexibility index (Phi) is 8.77. The van der Waals surface area contributed by atoms with Crippen molar-refractivity contribution in [3.63, 3.8) is 0 Å². The Morgan fingerprint density at radius 2 is 1.86 bits per heavy atom. The SMILES string of the molecule is CC(C)(O)CC[C@H](C[C@H](O)[C@H](Cc1cccc(Cl)c1)OC(=O)c1cnc2ccccc2n1)C(N)=O. The predicted molar refractivity (Wildman–Crippen MR) is 133 cm³/mol. The third-order valence-electron chi connectivity index (χ3n) is 5.70. The van der Waals surface area contributed by atoms with E-state index in [1.54, 1.807) is 56.3 Å². The summed E-state index contributed by atoms with van der Waals surface area (Å²) in [5.74, 6) is -2.06. The number of nitrogens with two attached hydrogens (primary N) is 1. The van der Waals surface area contributed by atoms with Gasteiger partial charge in [0.2, 0.25) is 5.91 Å². The van der Waals surface area contributed by atoms with Crippen LogP contribution in [0.5, 0.6) is 0 Å². The number of halogens is 1. The van der Waals surface area contributed by atoms with Gasteiger partial charge in [-0.3, -0.25) is 9.78 Å². The first-order valence-corrected chi connectivity index (χ1v) is 11.8. The van der Waals surface area contributed by atoms with Crippen LogP contribution in [0.2, 0.25) is 5.02 Å². The molecule has 0 aliphatic rings. The molecule has 4 N–H and O–H groups in total. The molecule has 0 aliphatic carbocycles. The van der Waals surface area contributed by atoms with E-state index >= 15 is 0 Å². The number of benzene rings is 2. The third-order valence-corrected chi connectivity index (χ3v) is 5.94. The topological polar surface area (TPSA) is 136 Å². The maximum atomic E-state index is 13.0. The number of nitrogens with zero attached hydrogens (tertiary/aromatic N) is 2. The highest BCUT2D eigenvalue weighted by Crippen LogP contribution is 2.24. The quantitative estimate of drug-likeness (QED) is 0.344. The van der Waals surface area contributed by atoms with Crippen molar-refractivity contribution in [2.45, 2.75) is 57.3 Å². The fraction of sp³-hybridized carbons (Fsp3) is 0.385. The van der Waals surface area contributed by atoms with E-state index in [-0.39, 0.29) is 25.0 Å². The van der Waals surface area contributed by atoms with Crippen LogP contribution in [0.1, 0.15) is 49.2 Å². The lowest BCUT2D eigenvalue weighted by atomic mass is 9.88. The van der Waals surface area contributed by atoms with Crippen molar-refractivity contribution in [2.24, 2.45) is 11.7 Å². The van der Waals surface area contributed by atoms with Crippen molar-refractivity contribution in [3.05, 3.63) is 71.0 Å². The number of rotatable bonds is 11. The van der Waals surface area contributed by atoms with Gasteiger partial charge in [0.25, 0.3) is 0 Å². The number of primary amides is 1. The highest BCUT2D eigenvalue weighted by Gasteiger charge is 2.30. The molecule has 2 aromatic carbocycles. The summed E-state index contributed by atoms with van der Waals surface area (Å²) in [6.45, 7) is 3.27. The van der Waals surface area contributed by atoms with Crippen molar-refractivity contribution >= 4 is 34.5 Å². The van der Waals surface area contributed by atoms with Gasteiger partial charge < -0.3 is 20.7 Å². The van der Waals surface area contributed by atoms with Crippen LogP contribution < -0.4 is 5.73 Å². The van der Waals surface area contributed by atoms with Gasteiger partial charge in [-0.05, 0) is 62.9 Å². The van der Waals surface area contributed by atoms with Crippen molar-refractivity contribution in [3.8, 4) is 0 Å². The van der Waals surface area contributed by atoms with E-state index in [0.717, 1.165) is 5.56 Å². The Morgan fingerprint density at radius 1 is 1.14 bits per heavy atom. The smallest absolute Gasteiger partial charge is 0.358 e. The largest absolute Gasteiger partial charge is 0.454 e. The van der Waals surface area contributed by atoms with Crippen LogP contribution >= 0.6 is 11.6 Å². The van der Waals surface area contributed by atoms with Gasteiger partial charge in [-0.15, -0.1) is 0 Å². The zero-order valence-electron chi connectivity index (χ0n) is 19.7. The molecule has 3 rings (SSSR count). The summed E-state index contributed by atoms with van der Waals surface area (Å²) in [6, 6.07) is 14.1. The molecule has 0 bridgehead atoms. The number of aliphatic hydroxyl groups excluding tert-OH is 1. The molecular formula is C26H30ClN3O5. The lowest BCUT2D eigenvalue weighted by Crippen LogP contribution is -2.38. The third kappa shape index (κ3) is 7.99. The molecule has 0 saturated heterocycles. The molecule has 3 aromatic rings. The summed E-state index contributed by atoms with van der Waals surface area (Å²) < 4.78 is 5.68. The first-order chi connectivity index (χ1) is 16.5. The minimum Gasteiger partial charge on any atom is -0.454 e. The Bertz CT molecular complexity index is 1180. The van der Waals surface area contributed by atoms with E-state index in [0.29, 0.717) is 22.5 Å². The molecule has 35 heavy (non-hydrogen) atoms. The van der Waals surface area contributed by atoms with Gasteiger partial charge in [-0.1, -0.05) is 35.9 Å². The first-order valence-electron chi connectivity index (χ1n) is 11.4. The molecule has 1 aromatic heterocycles. The number of hydrogen-bond acceptors (Lipinski definition) is 7. The number of fused-ring (bicyclic) bond motifs is 1. The van der Waals surface area contributed by atoms with Crippen LogP contribution in [0.15, 0.2) is 54.7 Å². The van der Waals surface area contributed by atoms with Crippen LogP contribution in [0, 0.1) is 5.92 Å². The molecule has 1 heterocycles. The highest BCUT2D eigenvalue weighted by atomic mass is 35.5. The second-order valence-electron chi connectivity index (χ2n) is 9.28. The Hall–Kier alpha value is -3.07. The van der Waals surface area contributed by atoms with E-state index < -0.39 is 35.6 Å². The van der Waals surface area contributed by atoms with Gasteiger partial charge in [-0.25, -0.2) is 9.78 Å². The van der Waals surface area contributed by atoms with Crippen LogP contribution in [-0.2, 0) is 16.0 Å². The van der Waals surface area contributed by atoms with E-state index in [4.69, 9.17) is 22.1 Å². The van der Waals surface area contributed by atoms with Gasteiger partial charge in [0.1, 0.15) is 6.10 Å². The van der Waals surface area contributed by atoms with Crippen molar-refractivity contribution in [2.75, 3.05) is 0 Å². The molecule has 0 unspecified atom stereocenters. The fourth-order valence-electron chi connectivity index (χ4n) is 3.75. The molecule has 0 spiro atoms. The maximum absolute atomic E-state index is 13.0.